The Hall–Kier alpha value is -0.830. The molecule has 0 unspecified atom stereocenters. The van der Waals surface area contributed by atoms with Crippen molar-refractivity contribution in [2.45, 2.75) is 39.2 Å². The van der Waals surface area contributed by atoms with Crippen LogP contribution in [0.4, 0.5) is 0 Å². The van der Waals surface area contributed by atoms with Crippen molar-refractivity contribution in [3.8, 4) is 0 Å². The molecule has 90 valence electrons. The Balaban J connectivity index is 2.18. The van der Waals surface area contributed by atoms with Crippen LogP contribution in [-0.2, 0) is 0 Å². The van der Waals surface area contributed by atoms with E-state index in [1.165, 1.54) is 25.8 Å². The third-order valence-electron chi connectivity index (χ3n) is 4.09. The molecule has 1 heterocycles. The number of nitrogens with zero attached hydrogens (tertiary/aromatic N) is 3. The summed E-state index contributed by atoms with van der Waals surface area (Å²) in [6.45, 7) is 15.5. The molecule has 0 amide bonds. The van der Waals surface area contributed by atoms with Crippen LogP contribution >= 0.6 is 0 Å². The van der Waals surface area contributed by atoms with E-state index < -0.39 is 0 Å². The first kappa shape index (κ1) is 11.6. The van der Waals surface area contributed by atoms with Crippen LogP contribution in [0.15, 0.2) is 17.4 Å². The second-order valence-electron chi connectivity index (χ2n) is 5.62. The van der Waals surface area contributed by atoms with Crippen LogP contribution in [0.25, 0.3) is 0 Å². The largest absolute Gasteiger partial charge is 0.295 e. The highest BCUT2D eigenvalue weighted by Crippen LogP contribution is 2.44. The second-order valence-corrected chi connectivity index (χ2v) is 5.62. The average molecular weight is 221 g/mol. The minimum Gasteiger partial charge on any atom is -0.295 e. The summed E-state index contributed by atoms with van der Waals surface area (Å²) in [5.74, 6) is 0. The van der Waals surface area contributed by atoms with E-state index in [0.717, 1.165) is 18.8 Å². The van der Waals surface area contributed by atoms with E-state index in [4.69, 9.17) is 0 Å². The van der Waals surface area contributed by atoms with Crippen molar-refractivity contribution in [1.29, 1.82) is 0 Å². The highest BCUT2D eigenvalue weighted by atomic mass is 15.5. The highest BCUT2D eigenvalue weighted by Gasteiger charge is 2.42. The monoisotopic (exact) mass is 221 g/mol. The maximum absolute atomic E-state index is 4.13. The molecule has 0 N–H and O–H groups in total. The van der Waals surface area contributed by atoms with E-state index in [9.17, 15) is 0 Å². The Morgan fingerprint density at radius 3 is 2.44 bits per heavy atom. The molecule has 2 rings (SSSR count). The zero-order valence-corrected chi connectivity index (χ0v) is 10.6. The van der Waals surface area contributed by atoms with Crippen LogP contribution in [0, 0.1) is 5.41 Å². The molecular formula is C13H23N3. The van der Waals surface area contributed by atoms with Gasteiger partial charge in [0.15, 0.2) is 0 Å². The van der Waals surface area contributed by atoms with Crippen LogP contribution in [0.5, 0.6) is 0 Å². The summed E-state index contributed by atoms with van der Waals surface area (Å²) in [6.07, 6.45) is 4.02. The minimum absolute atomic E-state index is 0.449. The second kappa shape index (κ2) is 4.21. The SMILES string of the molecule is C=NN1CC2(CCC2)CN(C(C)C)CC1=C. The molecule has 3 heteroatoms. The van der Waals surface area contributed by atoms with Gasteiger partial charge in [0.05, 0.1) is 0 Å². The van der Waals surface area contributed by atoms with E-state index in [2.05, 4.69) is 37.1 Å². The van der Waals surface area contributed by atoms with Gasteiger partial charge < -0.3 is 0 Å². The lowest BCUT2D eigenvalue weighted by atomic mass is 9.68. The van der Waals surface area contributed by atoms with E-state index >= 15 is 0 Å². The van der Waals surface area contributed by atoms with Crippen molar-refractivity contribution < 1.29 is 0 Å². The Labute approximate surface area is 98.8 Å². The lowest BCUT2D eigenvalue weighted by Crippen LogP contribution is -2.46. The molecule has 1 saturated carbocycles. The molecule has 1 spiro atoms. The zero-order chi connectivity index (χ0) is 11.8. The fraction of sp³-hybridized carbons (Fsp3) is 0.769. The van der Waals surface area contributed by atoms with Crippen LogP contribution in [0.2, 0.25) is 0 Å². The van der Waals surface area contributed by atoms with Crippen LogP contribution in [-0.4, -0.2) is 42.3 Å². The molecule has 0 aromatic carbocycles. The minimum atomic E-state index is 0.449. The van der Waals surface area contributed by atoms with Crippen molar-refractivity contribution in [3.63, 3.8) is 0 Å². The van der Waals surface area contributed by atoms with Gasteiger partial charge >= 0.3 is 0 Å². The molecule has 3 nitrogen and oxygen atoms in total. The van der Waals surface area contributed by atoms with Crippen molar-refractivity contribution in [3.05, 3.63) is 12.3 Å². The topological polar surface area (TPSA) is 18.8 Å². The number of hydrogen-bond donors (Lipinski definition) is 0. The first-order valence-corrected chi connectivity index (χ1v) is 6.22. The van der Waals surface area contributed by atoms with Crippen LogP contribution in [0.1, 0.15) is 33.1 Å². The van der Waals surface area contributed by atoms with Gasteiger partial charge in [0.1, 0.15) is 0 Å². The molecule has 1 aliphatic carbocycles. The summed E-state index contributed by atoms with van der Waals surface area (Å²) in [4.78, 5) is 2.52. The molecule has 16 heavy (non-hydrogen) atoms. The predicted octanol–water partition coefficient (Wildman–Crippen LogP) is 2.31. The Bertz CT molecular complexity index is 292. The Kier molecular flexibility index (Phi) is 3.06. The quantitative estimate of drug-likeness (QED) is 0.666. The van der Waals surface area contributed by atoms with Gasteiger partial charge in [0, 0.05) is 43.5 Å². The van der Waals surface area contributed by atoms with Gasteiger partial charge in [-0.15, -0.1) is 0 Å². The van der Waals surface area contributed by atoms with Crippen molar-refractivity contribution in [2.75, 3.05) is 19.6 Å². The predicted molar refractivity (Wildman–Crippen MR) is 68.4 cm³/mol. The number of hydrazone groups is 1. The lowest BCUT2D eigenvalue weighted by Gasteiger charge is -2.44. The summed E-state index contributed by atoms with van der Waals surface area (Å²) >= 11 is 0. The third kappa shape index (κ3) is 2.01. The first-order chi connectivity index (χ1) is 7.56. The lowest BCUT2D eigenvalue weighted by molar-refractivity contribution is 0.0536. The van der Waals surface area contributed by atoms with Gasteiger partial charge in [0.25, 0.3) is 0 Å². The fourth-order valence-corrected chi connectivity index (χ4v) is 2.79. The molecule has 2 aliphatic rings. The molecule has 1 aliphatic heterocycles. The maximum Gasteiger partial charge on any atom is 0.0480 e. The van der Waals surface area contributed by atoms with Gasteiger partial charge in [-0.05, 0) is 26.7 Å². The van der Waals surface area contributed by atoms with E-state index in [1.54, 1.807) is 0 Å². The van der Waals surface area contributed by atoms with Gasteiger partial charge in [0.2, 0.25) is 0 Å². The van der Waals surface area contributed by atoms with Crippen molar-refractivity contribution in [1.82, 2.24) is 9.91 Å². The molecule has 0 bridgehead atoms. The summed E-state index contributed by atoms with van der Waals surface area (Å²) in [6, 6.07) is 0.582. The molecule has 1 saturated heterocycles. The molecular weight excluding hydrogens is 198 g/mol. The Morgan fingerprint density at radius 2 is 2.00 bits per heavy atom. The molecule has 2 fully saturated rings. The fourth-order valence-electron chi connectivity index (χ4n) is 2.79. The van der Waals surface area contributed by atoms with Gasteiger partial charge in [-0.1, -0.05) is 13.0 Å². The van der Waals surface area contributed by atoms with Gasteiger partial charge in [-0.2, -0.15) is 5.10 Å². The maximum atomic E-state index is 4.13. The smallest absolute Gasteiger partial charge is 0.0480 e. The highest BCUT2D eigenvalue weighted by molar-refractivity contribution is 5.24. The summed E-state index contributed by atoms with van der Waals surface area (Å²) in [5, 5.41) is 6.13. The third-order valence-corrected chi connectivity index (χ3v) is 4.09. The van der Waals surface area contributed by atoms with Crippen molar-refractivity contribution in [2.24, 2.45) is 10.5 Å². The molecule has 0 aromatic rings. The first-order valence-electron chi connectivity index (χ1n) is 6.22. The number of rotatable bonds is 2. The summed E-state index contributed by atoms with van der Waals surface area (Å²) in [5.41, 5.74) is 1.54. The summed E-state index contributed by atoms with van der Waals surface area (Å²) < 4.78 is 0. The molecule has 0 radical (unpaired) electrons. The van der Waals surface area contributed by atoms with E-state index in [-0.39, 0.29) is 0 Å². The van der Waals surface area contributed by atoms with Gasteiger partial charge in [-0.25, -0.2) is 0 Å². The molecule has 0 aromatic heterocycles. The van der Waals surface area contributed by atoms with Crippen molar-refractivity contribution >= 4 is 6.72 Å². The number of hydrogen-bond acceptors (Lipinski definition) is 3. The Morgan fingerprint density at radius 1 is 1.31 bits per heavy atom. The zero-order valence-electron chi connectivity index (χ0n) is 10.6. The standard InChI is InChI=1S/C13H23N3/c1-11(2)15-8-12(3)16(14-4)10-13(9-15)6-5-7-13/h11H,3-10H2,1-2H3. The van der Waals surface area contributed by atoms with E-state index in [0.29, 0.717) is 11.5 Å². The van der Waals surface area contributed by atoms with Crippen LogP contribution < -0.4 is 0 Å². The van der Waals surface area contributed by atoms with E-state index in [1.807, 2.05) is 5.01 Å². The molecule has 0 atom stereocenters. The summed E-state index contributed by atoms with van der Waals surface area (Å²) in [7, 11) is 0. The van der Waals surface area contributed by atoms with Gasteiger partial charge in [-0.3, -0.25) is 9.91 Å². The average Bonchev–Trinajstić information content (AvgIpc) is 2.34. The van der Waals surface area contributed by atoms with Crippen LogP contribution in [0.3, 0.4) is 0 Å². The normalized spacial score (nSPS) is 25.7.